The normalized spacial score (nSPS) is 10.7. The average Bonchev–Trinajstić information content (AvgIpc) is 2.32. The summed E-state index contributed by atoms with van der Waals surface area (Å²) < 4.78 is 10.7. The van der Waals surface area contributed by atoms with Gasteiger partial charge in [-0.2, -0.15) is 0 Å². The maximum atomic E-state index is 5.86. The van der Waals surface area contributed by atoms with E-state index in [-0.39, 0.29) is 6.10 Å². The van der Waals surface area contributed by atoms with E-state index in [1.165, 1.54) is 0 Å². The molecule has 0 aliphatic heterocycles. The summed E-state index contributed by atoms with van der Waals surface area (Å²) in [5.41, 5.74) is 7.58. The maximum Gasteiger partial charge on any atom is 0.144 e. The number of benzene rings is 1. The number of nitrogens with two attached hydrogens (primary N) is 1. The lowest BCUT2D eigenvalue weighted by Crippen LogP contribution is -2.08. The number of unbranched alkanes of at least 4 members (excludes halogenated alkanes) is 1. The molecule has 0 unspecified atom stereocenters. The third kappa shape index (κ3) is 5.27. The standard InChI is InChI=1S/C14H24N2O2/c1-11(2)18-14-10-12(6-7-13(14)15)16-8-4-5-9-17-3/h6-7,10-11,16H,4-5,8-9,15H2,1-3H3. The molecular weight excluding hydrogens is 228 g/mol. The molecule has 0 atom stereocenters. The molecule has 0 fully saturated rings. The molecule has 0 aromatic heterocycles. The van der Waals surface area contributed by atoms with Gasteiger partial charge in [0.1, 0.15) is 5.75 Å². The van der Waals surface area contributed by atoms with Crippen molar-refractivity contribution in [2.24, 2.45) is 0 Å². The lowest BCUT2D eigenvalue weighted by molar-refractivity contribution is 0.194. The van der Waals surface area contributed by atoms with Crippen LogP contribution in [0.25, 0.3) is 0 Å². The highest BCUT2D eigenvalue weighted by Gasteiger charge is 2.04. The molecule has 1 rings (SSSR count). The van der Waals surface area contributed by atoms with Gasteiger partial charge in [0, 0.05) is 32.0 Å². The highest BCUT2D eigenvalue weighted by molar-refractivity contribution is 5.61. The predicted molar refractivity (Wildman–Crippen MR) is 76.2 cm³/mol. The largest absolute Gasteiger partial charge is 0.489 e. The fourth-order valence-electron chi connectivity index (χ4n) is 1.60. The number of ether oxygens (including phenoxy) is 2. The summed E-state index contributed by atoms with van der Waals surface area (Å²) in [6.45, 7) is 5.72. The van der Waals surface area contributed by atoms with Gasteiger partial charge in [0.05, 0.1) is 11.8 Å². The van der Waals surface area contributed by atoms with Crippen LogP contribution in [0.5, 0.6) is 5.75 Å². The Morgan fingerprint density at radius 2 is 2.06 bits per heavy atom. The Labute approximate surface area is 109 Å². The van der Waals surface area contributed by atoms with E-state index in [0.717, 1.165) is 37.4 Å². The van der Waals surface area contributed by atoms with Crippen LogP contribution in [0.3, 0.4) is 0 Å². The van der Waals surface area contributed by atoms with Crippen molar-refractivity contribution in [3.8, 4) is 5.75 Å². The maximum absolute atomic E-state index is 5.86. The molecule has 0 saturated carbocycles. The highest BCUT2D eigenvalue weighted by atomic mass is 16.5. The molecule has 0 bridgehead atoms. The minimum atomic E-state index is 0.129. The van der Waals surface area contributed by atoms with Crippen LogP contribution in [-0.2, 0) is 4.74 Å². The van der Waals surface area contributed by atoms with E-state index in [1.807, 2.05) is 32.0 Å². The van der Waals surface area contributed by atoms with Gasteiger partial charge in [-0.3, -0.25) is 0 Å². The minimum Gasteiger partial charge on any atom is -0.489 e. The van der Waals surface area contributed by atoms with Crippen LogP contribution in [0.2, 0.25) is 0 Å². The summed E-state index contributed by atoms with van der Waals surface area (Å²) in [6, 6.07) is 5.79. The minimum absolute atomic E-state index is 0.129. The second kappa shape index (κ2) is 7.82. The molecule has 0 radical (unpaired) electrons. The van der Waals surface area contributed by atoms with Crippen molar-refractivity contribution < 1.29 is 9.47 Å². The molecule has 1 aromatic carbocycles. The molecule has 18 heavy (non-hydrogen) atoms. The number of anilines is 2. The first-order valence-electron chi connectivity index (χ1n) is 6.42. The Balaban J connectivity index is 2.46. The number of methoxy groups -OCH3 is 1. The topological polar surface area (TPSA) is 56.5 Å². The van der Waals surface area contributed by atoms with Gasteiger partial charge in [-0.25, -0.2) is 0 Å². The summed E-state index contributed by atoms with van der Waals surface area (Å²) >= 11 is 0. The van der Waals surface area contributed by atoms with Crippen LogP contribution in [-0.4, -0.2) is 26.4 Å². The van der Waals surface area contributed by atoms with E-state index in [0.29, 0.717) is 5.69 Å². The fourth-order valence-corrected chi connectivity index (χ4v) is 1.60. The van der Waals surface area contributed by atoms with Gasteiger partial charge in [0.2, 0.25) is 0 Å². The van der Waals surface area contributed by atoms with Crippen LogP contribution in [0.4, 0.5) is 11.4 Å². The first kappa shape index (κ1) is 14.6. The van der Waals surface area contributed by atoms with Gasteiger partial charge >= 0.3 is 0 Å². The molecule has 0 spiro atoms. The molecule has 4 nitrogen and oxygen atoms in total. The van der Waals surface area contributed by atoms with Crippen LogP contribution in [0.15, 0.2) is 18.2 Å². The van der Waals surface area contributed by atoms with E-state index in [4.69, 9.17) is 15.2 Å². The third-order valence-electron chi connectivity index (χ3n) is 2.48. The summed E-state index contributed by atoms with van der Waals surface area (Å²) in [5, 5.41) is 3.35. The quantitative estimate of drug-likeness (QED) is 0.552. The average molecular weight is 252 g/mol. The molecule has 0 amide bonds. The Morgan fingerprint density at radius 1 is 1.28 bits per heavy atom. The molecule has 0 aliphatic carbocycles. The van der Waals surface area contributed by atoms with Crippen LogP contribution < -0.4 is 15.8 Å². The molecule has 0 aliphatic rings. The van der Waals surface area contributed by atoms with Gasteiger partial charge in [-0.15, -0.1) is 0 Å². The molecule has 3 N–H and O–H groups in total. The fraction of sp³-hybridized carbons (Fsp3) is 0.571. The zero-order chi connectivity index (χ0) is 13.4. The van der Waals surface area contributed by atoms with Crippen LogP contribution >= 0.6 is 0 Å². The van der Waals surface area contributed by atoms with Gasteiger partial charge in [0.15, 0.2) is 0 Å². The van der Waals surface area contributed by atoms with Gasteiger partial charge in [0.25, 0.3) is 0 Å². The summed E-state index contributed by atoms with van der Waals surface area (Å²) in [5.74, 6) is 0.742. The van der Waals surface area contributed by atoms with Crippen molar-refractivity contribution in [3.05, 3.63) is 18.2 Å². The number of nitrogen functional groups attached to an aromatic ring is 1. The Hall–Kier alpha value is -1.42. The summed E-state index contributed by atoms with van der Waals surface area (Å²) in [7, 11) is 1.73. The zero-order valence-corrected chi connectivity index (χ0v) is 11.5. The van der Waals surface area contributed by atoms with Crippen LogP contribution in [0.1, 0.15) is 26.7 Å². The second-order valence-corrected chi connectivity index (χ2v) is 4.55. The van der Waals surface area contributed by atoms with E-state index in [2.05, 4.69) is 5.32 Å². The van der Waals surface area contributed by atoms with Crippen molar-refractivity contribution in [2.75, 3.05) is 31.3 Å². The van der Waals surface area contributed by atoms with E-state index in [1.54, 1.807) is 7.11 Å². The smallest absolute Gasteiger partial charge is 0.144 e. The first-order valence-corrected chi connectivity index (χ1v) is 6.42. The third-order valence-corrected chi connectivity index (χ3v) is 2.48. The Kier molecular flexibility index (Phi) is 6.36. The zero-order valence-electron chi connectivity index (χ0n) is 11.5. The first-order chi connectivity index (χ1) is 8.63. The van der Waals surface area contributed by atoms with E-state index < -0.39 is 0 Å². The Morgan fingerprint density at radius 3 is 2.72 bits per heavy atom. The number of hydrogen-bond acceptors (Lipinski definition) is 4. The SMILES string of the molecule is COCCCCNc1ccc(N)c(OC(C)C)c1. The molecular formula is C14H24N2O2. The predicted octanol–water partition coefficient (Wildman–Crippen LogP) is 2.89. The Bertz CT molecular complexity index is 354. The number of hydrogen-bond donors (Lipinski definition) is 2. The lowest BCUT2D eigenvalue weighted by Gasteiger charge is -2.14. The molecule has 4 heteroatoms. The summed E-state index contributed by atoms with van der Waals surface area (Å²) in [4.78, 5) is 0. The molecule has 0 saturated heterocycles. The molecule has 0 heterocycles. The van der Waals surface area contributed by atoms with Crippen LogP contribution in [0, 0.1) is 0 Å². The molecule has 1 aromatic rings. The van der Waals surface area contributed by atoms with Crippen molar-refractivity contribution in [1.29, 1.82) is 0 Å². The summed E-state index contributed by atoms with van der Waals surface area (Å²) in [6.07, 6.45) is 2.27. The van der Waals surface area contributed by atoms with Gasteiger partial charge < -0.3 is 20.5 Å². The monoisotopic (exact) mass is 252 g/mol. The second-order valence-electron chi connectivity index (χ2n) is 4.55. The van der Waals surface area contributed by atoms with Gasteiger partial charge in [-0.1, -0.05) is 0 Å². The van der Waals surface area contributed by atoms with Gasteiger partial charge in [-0.05, 0) is 38.8 Å². The van der Waals surface area contributed by atoms with E-state index >= 15 is 0 Å². The van der Waals surface area contributed by atoms with Crippen molar-refractivity contribution in [3.63, 3.8) is 0 Å². The van der Waals surface area contributed by atoms with Crippen molar-refractivity contribution >= 4 is 11.4 Å². The molecule has 102 valence electrons. The number of nitrogens with one attached hydrogen (secondary N) is 1. The number of rotatable bonds is 8. The van der Waals surface area contributed by atoms with Crippen molar-refractivity contribution in [2.45, 2.75) is 32.8 Å². The highest BCUT2D eigenvalue weighted by Crippen LogP contribution is 2.26. The lowest BCUT2D eigenvalue weighted by atomic mass is 10.2. The van der Waals surface area contributed by atoms with Crippen molar-refractivity contribution in [1.82, 2.24) is 0 Å². The van der Waals surface area contributed by atoms with E-state index in [9.17, 15) is 0 Å².